The molecule has 6 heteroatoms. The Morgan fingerprint density at radius 1 is 1.50 bits per heavy atom. The zero-order valence-electron chi connectivity index (χ0n) is 8.84. The second kappa shape index (κ2) is 4.24. The number of anilines is 1. The van der Waals surface area contributed by atoms with E-state index in [9.17, 15) is 13.2 Å². The topological polar surface area (TPSA) is 24.9 Å². The van der Waals surface area contributed by atoms with Crippen LogP contribution in [0.25, 0.3) is 0 Å². The summed E-state index contributed by atoms with van der Waals surface area (Å²) < 4.78 is 36.9. The van der Waals surface area contributed by atoms with E-state index in [0.29, 0.717) is 11.0 Å². The van der Waals surface area contributed by atoms with E-state index < -0.39 is 11.9 Å². The summed E-state index contributed by atoms with van der Waals surface area (Å²) in [5, 5.41) is 4.46. The maximum atomic E-state index is 12.3. The number of rotatable bonds is 3. The molecule has 0 aromatic carbocycles. The summed E-state index contributed by atoms with van der Waals surface area (Å²) in [5.74, 6) is 0.582. The number of nitrogens with one attached hydrogen (secondary N) is 1. The quantitative estimate of drug-likeness (QED) is 0.883. The molecule has 1 atom stereocenters. The average Bonchev–Trinajstić information content (AvgIpc) is 2.47. The summed E-state index contributed by atoms with van der Waals surface area (Å²) in [6.45, 7) is 2.00. The van der Waals surface area contributed by atoms with E-state index in [4.69, 9.17) is 0 Å². The van der Waals surface area contributed by atoms with Gasteiger partial charge in [-0.3, -0.25) is 0 Å². The maximum absolute atomic E-state index is 12.3. The van der Waals surface area contributed by atoms with Crippen molar-refractivity contribution in [2.24, 2.45) is 5.92 Å². The molecule has 16 heavy (non-hydrogen) atoms. The summed E-state index contributed by atoms with van der Waals surface area (Å²) in [6, 6.07) is 0.209. The first kappa shape index (κ1) is 11.7. The molecule has 1 heterocycles. The normalized spacial score (nSPS) is 19.2. The minimum absolute atomic E-state index is 0.209. The number of nitrogens with zero attached hydrogens (tertiary/aromatic N) is 1. The third-order valence-corrected chi connectivity index (χ3v) is 3.78. The van der Waals surface area contributed by atoms with Crippen LogP contribution in [0.2, 0.25) is 0 Å². The fourth-order valence-electron chi connectivity index (χ4n) is 1.72. The van der Waals surface area contributed by atoms with Crippen LogP contribution in [0, 0.1) is 5.92 Å². The van der Waals surface area contributed by atoms with Gasteiger partial charge in [-0.25, -0.2) is 4.98 Å². The predicted molar refractivity (Wildman–Crippen MR) is 57.5 cm³/mol. The SMILES string of the molecule is CC(Nc1nc(C(F)(F)F)cs1)C1CCC1. The van der Waals surface area contributed by atoms with Crippen LogP contribution in [0.1, 0.15) is 31.9 Å². The van der Waals surface area contributed by atoms with Crippen LogP contribution >= 0.6 is 11.3 Å². The number of hydrogen-bond donors (Lipinski definition) is 1. The molecule has 1 aromatic rings. The molecule has 1 N–H and O–H groups in total. The van der Waals surface area contributed by atoms with Gasteiger partial charge < -0.3 is 5.32 Å². The molecular formula is C10H13F3N2S. The Morgan fingerprint density at radius 2 is 2.19 bits per heavy atom. The molecule has 1 aliphatic carbocycles. The van der Waals surface area contributed by atoms with Crippen LogP contribution in [-0.2, 0) is 6.18 Å². The van der Waals surface area contributed by atoms with Gasteiger partial charge in [0.25, 0.3) is 0 Å². The second-order valence-corrected chi connectivity index (χ2v) is 5.02. The number of hydrogen-bond acceptors (Lipinski definition) is 3. The van der Waals surface area contributed by atoms with E-state index in [1.165, 1.54) is 6.42 Å². The van der Waals surface area contributed by atoms with Crippen LogP contribution in [0.3, 0.4) is 0 Å². The Balaban J connectivity index is 1.97. The van der Waals surface area contributed by atoms with E-state index in [1.807, 2.05) is 6.92 Å². The number of halogens is 3. The molecule has 2 nitrogen and oxygen atoms in total. The van der Waals surface area contributed by atoms with Gasteiger partial charge in [0.05, 0.1) is 0 Å². The monoisotopic (exact) mass is 250 g/mol. The molecule has 1 fully saturated rings. The highest BCUT2D eigenvalue weighted by molar-refractivity contribution is 7.13. The van der Waals surface area contributed by atoms with Gasteiger partial charge in [0.1, 0.15) is 0 Å². The molecule has 0 aliphatic heterocycles. The summed E-state index contributed by atoms with van der Waals surface area (Å²) in [4.78, 5) is 3.54. The second-order valence-electron chi connectivity index (χ2n) is 4.16. The Hall–Kier alpha value is -0.780. The van der Waals surface area contributed by atoms with Crippen LogP contribution in [-0.4, -0.2) is 11.0 Å². The Labute approximate surface area is 95.9 Å². The van der Waals surface area contributed by atoms with Crippen LogP contribution in [0.4, 0.5) is 18.3 Å². The minimum Gasteiger partial charge on any atom is -0.359 e. The summed E-state index contributed by atoms with van der Waals surface area (Å²) in [5.41, 5.74) is -0.805. The lowest BCUT2D eigenvalue weighted by atomic mass is 9.80. The first-order valence-electron chi connectivity index (χ1n) is 5.26. The van der Waals surface area contributed by atoms with Crippen molar-refractivity contribution < 1.29 is 13.2 Å². The average molecular weight is 250 g/mol. The Bertz CT molecular complexity index is 357. The fraction of sp³-hybridized carbons (Fsp3) is 0.700. The smallest absolute Gasteiger partial charge is 0.359 e. The van der Waals surface area contributed by atoms with Crippen molar-refractivity contribution in [2.45, 2.75) is 38.4 Å². The van der Waals surface area contributed by atoms with Crippen molar-refractivity contribution in [3.63, 3.8) is 0 Å². The zero-order chi connectivity index (χ0) is 11.8. The minimum atomic E-state index is -4.34. The molecule has 90 valence electrons. The van der Waals surface area contributed by atoms with Gasteiger partial charge in [0, 0.05) is 11.4 Å². The van der Waals surface area contributed by atoms with Crippen LogP contribution in [0.15, 0.2) is 5.38 Å². The van der Waals surface area contributed by atoms with Gasteiger partial charge >= 0.3 is 6.18 Å². The van der Waals surface area contributed by atoms with Crippen molar-refractivity contribution >= 4 is 16.5 Å². The van der Waals surface area contributed by atoms with Crippen molar-refractivity contribution in [3.8, 4) is 0 Å². The molecule has 1 unspecified atom stereocenters. The molecule has 2 rings (SSSR count). The highest BCUT2D eigenvalue weighted by atomic mass is 32.1. The van der Waals surface area contributed by atoms with Gasteiger partial charge in [-0.05, 0) is 25.7 Å². The standard InChI is InChI=1S/C10H13F3N2S/c1-6(7-3-2-4-7)14-9-15-8(5-16-9)10(11,12)13/h5-7H,2-4H2,1H3,(H,14,15). The molecular weight excluding hydrogens is 237 g/mol. The van der Waals surface area contributed by atoms with Crippen LogP contribution in [0.5, 0.6) is 0 Å². The van der Waals surface area contributed by atoms with E-state index in [0.717, 1.165) is 29.6 Å². The summed E-state index contributed by atoms with van der Waals surface area (Å²) in [7, 11) is 0. The number of thiazole rings is 1. The third kappa shape index (κ3) is 2.48. The van der Waals surface area contributed by atoms with E-state index >= 15 is 0 Å². The molecule has 0 amide bonds. The third-order valence-electron chi connectivity index (χ3n) is 3.00. The molecule has 1 aromatic heterocycles. The number of aromatic nitrogens is 1. The number of alkyl halides is 3. The molecule has 0 radical (unpaired) electrons. The van der Waals surface area contributed by atoms with Crippen molar-refractivity contribution in [1.82, 2.24) is 4.98 Å². The summed E-state index contributed by atoms with van der Waals surface area (Å²) >= 11 is 1.01. The fourth-order valence-corrected chi connectivity index (χ4v) is 2.54. The van der Waals surface area contributed by atoms with Crippen molar-refractivity contribution in [1.29, 1.82) is 0 Å². The lowest BCUT2D eigenvalue weighted by molar-refractivity contribution is -0.140. The highest BCUT2D eigenvalue weighted by Gasteiger charge is 2.34. The lowest BCUT2D eigenvalue weighted by Crippen LogP contribution is -2.30. The van der Waals surface area contributed by atoms with Gasteiger partial charge in [-0.15, -0.1) is 11.3 Å². The maximum Gasteiger partial charge on any atom is 0.434 e. The molecule has 0 saturated heterocycles. The van der Waals surface area contributed by atoms with Gasteiger partial charge in [0.2, 0.25) is 0 Å². The summed E-state index contributed by atoms with van der Waals surface area (Å²) in [6.07, 6.45) is -0.796. The zero-order valence-corrected chi connectivity index (χ0v) is 9.66. The van der Waals surface area contributed by atoms with E-state index in [1.54, 1.807) is 0 Å². The largest absolute Gasteiger partial charge is 0.434 e. The first-order chi connectivity index (χ1) is 7.47. The molecule has 1 saturated carbocycles. The molecule has 1 aliphatic rings. The van der Waals surface area contributed by atoms with Gasteiger partial charge in [0.15, 0.2) is 10.8 Å². The van der Waals surface area contributed by atoms with E-state index in [2.05, 4.69) is 10.3 Å². The lowest BCUT2D eigenvalue weighted by Gasteiger charge is -2.31. The van der Waals surface area contributed by atoms with Gasteiger partial charge in [-0.1, -0.05) is 6.42 Å². The van der Waals surface area contributed by atoms with E-state index in [-0.39, 0.29) is 6.04 Å². The molecule has 0 bridgehead atoms. The van der Waals surface area contributed by atoms with Gasteiger partial charge in [-0.2, -0.15) is 13.2 Å². The first-order valence-corrected chi connectivity index (χ1v) is 6.14. The highest BCUT2D eigenvalue weighted by Crippen LogP contribution is 2.34. The van der Waals surface area contributed by atoms with Crippen LogP contribution < -0.4 is 5.32 Å². The Kier molecular flexibility index (Phi) is 3.10. The Morgan fingerprint density at radius 3 is 2.62 bits per heavy atom. The molecule has 0 spiro atoms. The van der Waals surface area contributed by atoms with Crippen molar-refractivity contribution in [3.05, 3.63) is 11.1 Å². The van der Waals surface area contributed by atoms with Crippen molar-refractivity contribution in [2.75, 3.05) is 5.32 Å². The predicted octanol–water partition coefficient (Wildman–Crippen LogP) is 3.76.